The molecular formula is C18H18ClN5O3S2. The van der Waals surface area contributed by atoms with Crippen LogP contribution in [0.4, 0.5) is 11.4 Å². The van der Waals surface area contributed by atoms with Gasteiger partial charge in [-0.1, -0.05) is 41.6 Å². The van der Waals surface area contributed by atoms with Crippen LogP contribution >= 0.6 is 23.4 Å². The van der Waals surface area contributed by atoms with Crippen LogP contribution in [0.2, 0.25) is 5.02 Å². The molecule has 11 heteroatoms. The molecule has 0 unspecified atom stereocenters. The van der Waals surface area contributed by atoms with Crippen LogP contribution in [0.1, 0.15) is 5.56 Å². The van der Waals surface area contributed by atoms with Gasteiger partial charge in [0.05, 0.1) is 29.1 Å². The molecule has 2 N–H and O–H groups in total. The number of carbonyl (C=O) groups is 1. The Balaban J connectivity index is 1.69. The molecule has 0 atom stereocenters. The molecule has 0 spiro atoms. The Bertz CT molecular complexity index is 1150. The quantitative estimate of drug-likeness (QED) is 0.533. The number of sulfonamides is 1. The maximum Gasteiger partial charge on any atom is 0.234 e. The Hall–Kier alpha value is -2.56. The van der Waals surface area contributed by atoms with E-state index in [-0.39, 0.29) is 11.7 Å². The van der Waals surface area contributed by atoms with Crippen molar-refractivity contribution in [3.63, 3.8) is 0 Å². The lowest BCUT2D eigenvalue weighted by Gasteiger charge is -2.12. The summed E-state index contributed by atoms with van der Waals surface area (Å²) in [7, 11) is -3.47. The number of nitrogens with zero attached hydrogens (tertiary/aromatic N) is 3. The second-order valence-electron chi connectivity index (χ2n) is 6.17. The highest BCUT2D eigenvalue weighted by molar-refractivity contribution is 7.99. The number of rotatable bonds is 7. The summed E-state index contributed by atoms with van der Waals surface area (Å²) in [4.78, 5) is 12.4. The summed E-state index contributed by atoms with van der Waals surface area (Å²) in [5, 5.41) is 11.8. The van der Waals surface area contributed by atoms with Gasteiger partial charge in [-0.15, -0.1) is 10.2 Å². The molecule has 152 valence electrons. The summed E-state index contributed by atoms with van der Waals surface area (Å²) >= 11 is 7.39. The number of benzene rings is 2. The second-order valence-corrected chi connectivity index (χ2v) is 9.27. The number of carbonyl (C=O) groups excluding carboxylic acids is 1. The fraction of sp³-hybridized carbons (Fsp3) is 0.167. The minimum absolute atomic E-state index is 0.0610. The third kappa shape index (κ3) is 5.72. The smallest absolute Gasteiger partial charge is 0.234 e. The molecule has 1 heterocycles. The number of aryl methyl sites for hydroxylation is 1. The van der Waals surface area contributed by atoms with Crippen LogP contribution in [0, 0.1) is 6.92 Å². The molecule has 2 aromatic carbocycles. The van der Waals surface area contributed by atoms with Gasteiger partial charge in [-0.25, -0.2) is 8.42 Å². The molecular weight excluding hydrogens is 434 g/mol. The van der Waals surface area contributed by atoms with E-state index in [1.807, 2.05) is 19.1 Å². The van der Waals surface area contributed by atoms with Gasteiger partial charge in [0.15, 0.2) is 5.16 Å². The van der Waals surface area contributed by atoms with E-state index in [1.165, 1.54) is 11.8 Å². The summed E-state index contributed by atoms with van der Waals surface area (Å²) < 4.78 is 27.1. The molecule has 0 radical (unpaired) electrons. The number of thioether (sulfide) groups is 1. The van der Waals surface area contributed by atoms with Gasteiger partial charge < -0.3 is 5.32 Å². The molecule has 0 aliphatic carbocycles. The molecule has 0 saturated carbocycles. The average Bonchev–Trinajstić information content (AvgIpc) is 3.11. The number of nitrogens with one attached hydrogen (secondary N) is 2. The summed E-state index contributed by atoms with van der Waals surface area (Å²) in [6.45, 7) is 1.91. The molecule has 8 nitrogen and oxygen atoms in total. The van der Waals surface area contributed by atoms with Crippen LogP contribution < -0.4 is 10.0 Å². The maximum absolute atomic E-state index is 12.4. The fourth-order valence-electron chi connectivity index (χ4n) is 2.43. The molecule has 0 fully saturated rings. The van der Waals surface area contributed by atoms with Crippen LogP contribution in [0.25, 0.3) is 5.69 Å². The first kappa shape index (κ1) is 21.2. The van der Waals surface area contributed by atoms with E-state index in [0.717, 1.165) is 17.5 Å². The first-order valence-electron chi connectivity index (χ1n) is 8.39. The Morgan fingerprint density at radius 2 is 1.93 bits per heavy atom. The van der Waals surface area contributed by atoms with Crippen LogP contribution in [-0.4, -0.2) is 41.1 Å². The Morgan fingerprint density at radius 1 is 1.21 bits per heavy atom. The predicted octanol–water partition coefficient (Wildman–Crippen LogP) is 3.33. The third-order valence-corrected chi connectivity index (χ3v) is 5.72. The summed E-state index contributed by atoms with van der Waals surface area (Å²) in [5.41, 5.74) is 2.41. The topological polar surface area (TPSA) is 106 Å². The molecule has 0 aliphatic heterocycles. The SMILES string of the molecule is Cc1ccc(-n2cnnc2SCC(=O)Nc2ccccc2NS(C)(=O)=O)cc1Cl. The lowest BCUT2D eigenvalue weighted by Crippen LogP contribution is -2.17. The zero-order valence-electron chi connectivity index (χ0n) is 15.6. The minimum Gasteiger partial charge on any atom is -0.324 e. The van der Waals surface area contributed by atoms with Crippen LogP contribution in [-0.2, 0) is 14.8 Å². The van der Waals surface area contributed by atoms with Gasteiger partial charge in [0.2, 0.25) is 15.9 Å². The average molecular weight is 452 g/mol. The monoisotopic (exact) mass is 451 g/mol. The third-order valence-electron chi connectivity index (χ3n) is 3.78. The molecule has 3 aromatic rings. The molecule has 29 heavy (non-hydrogen) atoms. The highest BCUT2D eigenvalue weighted by Gasteiger charge is 2.13. The normalized spacial score (nSPS) is 11.3. The number of aromatic nitrogens is 3. The van der Waals surface area contributed by atoms with Gasteiger partial charge in [0.1, 0.15) is 6.33 Å². The van der Waals surface area contributed by atoms with Crippen LogP contribution in [0.3, 0.4) is 0 Å². The van der Waals surface area contributed by atoms with E-state index in [1.54, 1.807) is 41.2 Å². The highest BCUT2D eigenvalue weighted by atomic mass is 35.5. The molecule has 1 aromatic heterocycles. The van der Waals surface area contributed by atoms with Crippen molar-refractivity contribution in [2.75, 3.05) is 22.0 Å². The second kappa shape index (κ2) is 8.85. The Kier molecular flexibility index (Phi) is 6.46. The van der Waals surface area contributed by atoms with E-state index < -0.39 is 10.0 Å². The fourth-order valence-corrected chi connectivity index (χ4v) is 3.91. The largest absolute Gasteiger partial charge is 0.324 e. The molecule has 3 rings (SSSR count). The van der Waals surface area contributed by atoms with Crippen molar-refractivity contribution in [3.8, 4) is 5.69 Å². The lowest BCUT2D eigenvalue weighted by molar-refractivity contribution is -0.113. The standard InChI is InChI=1S/C18H18ClN5O3S2/c1-12-7-8-13(9-14(12)19)24-11-20-22-18(24)28-10-17(25)21-15-5-3-4-6-16(15)23-29(2,26)27/h3-9,11,23H,10H2,1-2H3,(H,21,25). The van der Waals surface area contributed by atoms with Crippen molar-refractivity contribution in [1.82, 2.24) is 14.8 Å². The molecule has 0 bridgehead atoms. The van der Waals surface area contributed by atoms with E-state index in [9.17, 15) is 13.2 Å². The first-order chi connectivity index (χ1) is 13.7. The lowest BCUT2D eigenvalue weighted by atomic mass is 10.2. The van der Waals surface area contributed by atoms with Gasteiger partial charge >= 0.3 is 0 Å². The number of amides is 1. The number of para-hydroxylation sites is 2. The maximum atomic E-state index is 12.4. The Morgan fingerprint density at radius 3 is 2.62 bits per heavy atom. The number of hydrogen-bond donors (Lipinski definition) is 2. The van der Waals surface area contributed by atoms with Crippen molar-refractivity contribution in [3.05, 3.63) is 59.4 Å². The van der Waals surface area contributed by atoms with Gasteiger partial charge in [0, 0.05) is 5.02 Å². The molecule has 0 aliphatic rings. The number of hydrogen-bond acceptors (Lipinski definition) is 6. The van der Waals surface area contributed by atoms with Gasteiger partial charge in [-0.3, -0.25) is 14.1 Å². The number of anilines is 2. The van der Waals surface area contributed by atoms with Crippen molar-refractivity contribution >= 4 is 50.7 Å². The van der Waals surface area contributed by atoms with Crippen molar-refractivity contribution in [2.45, 2.75) is 12.1 Å². The highest BCUT2D eigenvalue weighted by Crippen LogP contribution is 2.25. The Labute approximate surface area is 177 Å². The van der Waals surface area contributed by atoms with Gasteiger partial charge in [-0.2, -0.15) is 0 Å². The van der Waals surface area contributed by atoms with Gasteiger partial charge in [0.25, 0.3) is 0 Å². The van der Waals surface area contributed by atoms with E-state index in [2.05, 4.69) is 20.2 Å². The zero-order valence-corrected chi connectivity index (χ0v) is 18.0. The molecule has 1 amide bonds. The summed E-state index contributed by atoms with van der Waals surface area (Å²) in [6.07, 6.45) is 2.60. The number of halogens is 1. The van der Waals surface area contributed by atoms with Crippen LogP contribution in [0.15, 0.2) is 53.9 Å². The zero-order chi connectivity index (χ0) is 21.0. The summed E-state index contributed by atoms with van der Waals surface area (Å²) in [6, 6.07) is 12.2. The van der Waals surface area contributed by atoms with Crippen molar-refractivity contribution in [1.29, 1.82) is 0 Å². The van der Waals surface area contributed by atoms with Crippen molar-refractivity contribution in [2.24, 2.45) is 0 Å². The van der Waals surface area contributed by atoms with Gasteiger partial charge in [-0.05, 0) is 36.8 Å². The van der Waals surface area contributed by atoms with E-state index in [0.29, 0.717) is 21.6 Å². The van der Waals surface area contributed by atoms with E-state index >= 15 is 0 Å². The molecule has 0 saturated heterocycles. The van der Waals surface area contributed by atoms with Crippen LogP contribution in [0.5, 0.6) is 0 Å². The van der Waals surface area contributed by atoms with Crippen molar-refractivity contribution < 1.29 is 13.2 Å². The predicted molar refractivity (Wildman–Crippen MR) is 115 cm³/mol. The van der Waals surface area contributed by atoms with E-state index in [4.69, 9.17) is 11.6 Å². The summed E-state index contributed by atoms with van der Waals surface area (Å²) in [5.74, 6) is -0.250. The minimum atomic E-state index is -3.47. The first-order valence-corrected chi connectivity index (χ1v) is 11.6.